The fourth-order valence-corrected chi connectivity index (χ4v) is 2.78. The van der Waals surface area contributed by atoms with Gasteiger partial charge in [0.15, 0.2) is 0 Å². The van der Waals surface area contributed by atoms with E-state index in [1.165, 1.54) is 35.4 Å². The van der Waals surface area contributed by atoms with E-state index in [2.05, 4.69) is 0 Å². The van der Waals surface area contributed by atoms with E-state index in [0.29, 0.717) is 37.0 Å². The van der Waals surface area contributed by atoms with Gasteiger partial charge in [0, 0.05) is 37.3 Å². The maximum absolute atomic E-state index is 13.8. The Kier molecular flexibility index (Phi) is 5.19. The molecular weight excluding hydrogens is 347 g/mol. The standard InChI is InChI=1S/C18H16ClFN2O3/c19-13-3-5-16(20)15(12-13)18(24)22-9-7-21(8-10-22)17(23)6-4-14-2-1-11-25-14/h1-6,11-12H,7-10H2. The lowest BCUT2D eigenvalue weighted by Crippen LogP contribution is -2.50. The highest BCUT2D eigenvalue weighted by atomic mass is 35.5. The molecule has 1 saturated heterocycles. The molecule has 1 aromatic heterocycles. The summed E-state index contributed by atoms with van der Waals surface area (Å²) in [6, 6.07) is 7.39. The summed E-state index contributed by atoms with van der Waals surface area (Å²) < 4.78 is 19.0. The quantitative estimate of drug-likeness (QED) is 0.788. The van der Waals surface area contributed by atoms with Crippen LogP contribution >= 0.6 is 11.6 Å². The van der Waals surface area contributed by atoms with Crippen molar-refractivity contribution in [3.05, 3.63) is 64.8 Å². The van der Waals surface area contributed by atoms with Crippen molar-refractivity contribution in [1.29, 1.82) is 0 Å². The molecule has 5 nitrogen and oxygen atoms in total. The molecule has 0 atom stereocenters. The number of nitrogens with zero attached hydrogens (tertiary/aromatic N) is 2. The number of benzene rings is 1. The number of carbonyl (C=O) groups is 2. The van der Waals surface area contributed by atoms with Crippen molar-refractivity contribution in [2.45, 2.75) is 0 Å². The first-order valence-electron chi connectivity index (χ1n) is 7.79. The van der Waals surface area contributed by atoms with Crippen molar-refractivity contribution in [1.82, 2.24) is 9.80 Å². The van der Waals surface area contributed by atoms with Crippen LogP contribution < -0.4 is 0 Å². The van der Waals surface area contributed by atoms with Gasteiger partial charge >= 0.3 is 0 Å². The third-order valence-electron chi connectivity index (χ3n) is 3.97. The SMILES string of the molecule is O=C(C=Cc1ccco1)N1CCN(C(=O)c2cc(Cl)ccc2F)CC1. The highest BCUT2D eigenvalue weighted by Gasteiger charge is 2.25. The van der Waals surface area contributed by atoms with Crippen LogP contribution in [0, 0.1) is 5.82 Å². The predicted molar refractivity (Wildman–Crippen MR) is 91.6 cm³/mol. The van der Waals surface area contributed by atoms with Crippen molar-refractivity contribution in [3.63, 3.8) is 0 Å². The molecule has 25 heavy (non-hydrogen) atoms. The Balaban J connectivity index is 1.59. The van der Waals surface area contributed by atoms with E-state index in [1.807, 2.05) is 0 Å². The molecule has 130 valence electrons. The number of amides is 2. The molecule has 0 radical (unpaired) electrons. The van der Waals surface area contributed by atoms with Gasteiger partial charge < -0.3 is 14.2 Å². The number of halogens is 2. The lowest BCUT2D eigenvalue weighted by molar-refractivity contribution is -0.127. The molecule has 0 spiro atoms. The number of piperazine rings is 1. The van der Waals surface area contributed by atoms with Crippen molar-refractivity contribution in [2.24, 2.45) is 0 Å². The monoisotopic (exact) mass is 362 g/mol. The van der Waals surface area contributed by atoms with Gasteiger partial charge in [0.25, 0.3) is 5.91 Å². The number of hydrogen-bond donors (Lipinski definition) is 0. The van der Waals surface area contributed by atoms with Gasteiger partial charge in [-0.2, -0.15) is 0 Å². The highest BCUT2D eigenvalue weighted by Crippen LogP contribution is 2.18. The zero-order valence-corrected chi connectivity index (χ0v) is 14.1. The van der Waals surface area contributed by atoms with Gasteiger partial charge in [0.1, 0.15) is 11.6 Å². The Bertz CT molecular complexity index is 797. The fourth-order valence-electron chi connectivity index (χ4n) is 2.61. The molecule has 7 heteroatoms. The average Bonchev–Trinajstić information content (AvgIpc) is 3.15. The first kappa shape index (κ1) is 17.2. The molecule has 1 aliphatic heterocycles. The summed E-state index contributed by atoms with van der Waals surface area (Å²) in [5, 5.41) is 0.307. The van der Waals surface area contributed by atoms with Crippen LogP contribution in [0.4, 0.5) is 4.39 Å². The van der Waals surface area contributed by atoms with Gasteiger partial charge in [-0.25, -0.2) is 4.39 Å². The van der Waals surface area contributed by atoms with Crippen LogP contribution in [0.2, 0.25) is 5.02 Å². The molecule has 0 N–H and O–H groups in total. The first-order chi connectivity index (χ1) is 12.0. The summed E-state index contributed by atoms with van der Waals surface area (Å²) in [5.74, 6) is -0.580. The lowest BCUT2D eigenvalue weighted by Gasteiger charge is -2.34. The van der Waals surface area contributed by atoms with E-state index in [1.54, 1.807) is 23.1 Å². The van der Waals surface area contributed by atoms with Crippen LogP contribution in [0.3, 0.4) is 0 Å². The molecule has 2 heterocycles. The van der Waals surface area contributed by atoms with E-state index in [0.717, 1.165) is 0 Å². The fraction of sp³-hybridized carbons (Fsp3) is 0.222. The zero-order chi connectivity index (χ0) is 17.8. The van der Waals surface area contributed by atoms with Crippen LogP contribution in [-0.4, -0.2) is 47.8 Å². The smallest absolute Gasteiger partial charge is 0.257 e. The van der Waals surface area contributed by atoms with Gasteiger partial charge in [-0.05, 0) is 36.4 Å². The molecule has 0 bridgehead atoms. The number of hydrogen-bond acceptors (Lipinski definition) is 3. The van der Waals surface area contributed by atoms with E-state index < -0.39 is 11.7 Å². The van der Waals surface area contributed by atoms with Crippen molar-refractivity contribution < 1.29 is 18.4 Å². The molecule has 1 aliphatic rings. The molecule has 2 amide bonds. The van der Waals surface area contributed by atoms with E-state index in [-0.39, 0.29) is 11.5 Å². The largest absolute Gasteiger partial charge is 0.465 e. The Hall–Kier alpha value is -2.60. The second-order valence-electron chi connectivity index (χ2n) is 5.59. The van der Waals surface area contributed by atoms with E-state index >= 15 is 0 Å². The Labute approximate surface area is 149 Å². The molecule has 1 fully saturated rings. The molecular formula is C18H16ClFN2O3. The molecule has 1 aromatic carbocycles. The minimum atomic E-state index is -0.603. The van der Waals surface area contributed by atoms with Crippen molar-refractivity contribution in [3.8, 4) is 0 Å². The minimum Gasteiger partial charge on any atom is -0.465 e. The van der Waals surface area contributed by atoms with E-state index in [9.17, 15) is 14.0 Å². The lowest BCUT2D eigenvalue weighted by atomic mass is 10.1. The van der Waals surface area contributed by atoms with Crippen LogP contribution in [0.25, 0.3) is 6.08 Å². The molecule has 0 unspecified atom stereocenters. The van der Waals surface area contributed by atoms with E-state index in [4.69, 9.17) is 16.0 Å². The topological polar surface area (TPSA) is 53.8 Å². The van der Waals surface area contributed by atoms with Gasteiger partial charge in [0.05, 0.1) is 11.8 Å². The Morgan fingerprint density at radius 1 is 1.12 bits per heavy atom. The van der Waals surface area contributed by atoms with Gasteiger partial charge in [0.2, 0.25) is 5.91 Å². The predicted octanol–water partition coefficient (Wildman–Crippen LogP) is 3.07. The number of furan rings is 1. The summed E-state index contributed by atoms with van der Waals surface area (Å²) >= 11 is 5.84. The van der Waals surface area contributed by atoms with Gasteiger partial charge in [-0.1, -0.05) is 11.6 Å². The van der Waals surface area contributed by atoms with Gasteiger partial charge in [-0.15, -0.1) is 0 Å². The summed E-state index contributed by atoms with van der Waals surface area (Å²) in [7, 11) is 0. The zero-order valence-electron chi connectivity index (χ0n) is 13.3. The second kappa shape index (κ2) is 7.53. The summed E-state index contributed by atoms with van der Waals surface area (Å²) in [5.41, 5.74) is -0.0509. The van der Waals surface area contributed by atoms with Crippen molar-refractivity contribution in [2.75, 3.05) is 26.2 Å². The Morgan fingerprint density at radius 3 is 2.52 bits per heavy atom. The first-order valence-corrected chi connectivity index (χ1v) is 8.17. The highest BCUT2D eigenvalue weighted by molar-refractivity contribution is 6.31. The molecule has 3 rings (SSSR count). The molecule has 0 aliphatic carbocycles. The maximum Gasteiger partial charge on any atom is 0.257 e. The normalized spacial score (nSPS) is 15.0. The number of carbonyl (C=O) groups excluding carboxylic acids is 2. The molecule has 0 saturated carbocycles. The van der Waals surface area contributed by atoms with Crippen LogP contribution in [0.15, 0.2) is 47.1 Å². The number of rotatable bonds is 3. The van der Waals surface area contributed by atoms with Crippen LogP contribution in [0.5, 0.6) is 0 Å². The average molecular weight is 363 g/mol. The Morgan fingerprint density at radius 2 is 1.84 bits per heavy atom. The summed E-state index contributed by atoms with van der Waals surface area (Å²) in [6.07, 6.45) is 4.57. The van der Waals surface area contributed by atoms with Gasteiger partial charge in [-0.3, -0.25) is 9.59 Å². The maximum atomic E-state index is 13.8. The summed E-state index contributed by atoms with van der Waals surface area (Å²) in [6.45, 7) is 1.45. The minimum absolute atomic E-state index is 0.0509. The second-order valence-corrected chi connectivity index (χ2v) is 6.03. The third kappa shape index (κ3) is 4.09. The van der Waals surface area contributed by atoms with Crippen molar-refractivity contribution >= 4 is 29.5 Å². The molecule has 2 aromatic rings. The summed E-state index contributed by atoms with van der Waals surface area (Å²) in [4.78, 5) is 27.7. The van der Waals surface area contributed by atoms with Crippen LogP contribution in [0.1, 0.15) is 16.1 Å². The van der Waals surface area contributed by atoms with Crippen LogP contribution in [-0.2, 0) is 4.79 Å². The third-order valence-corrected chi connectivity index (χ3v) is 4.21.